The second-order valence-electron chi connectivity index (χ2n) is 10.5. The van der Waals surface area contributed by atoms with E-state index in [1.807, 2.05) is 43.3 Å². The molecular weight excluding hydrogens is 514 g/mol. The van der Waals surface area contributed by atoms with Crippen molar-refractivity contribution in [1.29, 1.82) is 0 Å². The normalized spacial score (nSPS) is 15.8. The van der Waals surface area contributed by atoms with E-state index >= 15 is 0 Å². The van der Waals surface area contributed by atoms with Gasteiger partial charge in [-0.2, -0.15) is 0 Å². The van der Waals surface area contributed by atoms with E-state index in [1.165, 1.54) is 4.90 Å². The van der Waals surface area contributed by atoms with Gasteiger partial charge in [-0.15, -0.1) is 0 Å². The second-order valence-corrected chi connectivity index (χ2v) is 10.5. The Morgan fingerprint density at radius 3 is 2.34 bits per heavy atom. The SMILES string of the molecule is CN[C@@H](C)C(=O)N(C)[C@H]1CN(C(=O)c2ccc(N)cc2)c2ccccc2N(Cc2c(C)ccc3ccccc23)C1=O. The third-order valence-corrected chi connectivity index (χ3v) is 7.98. The minimum absolute atomic E-state index is 0.00273. The van der Waals surface area contributed by atoms with Gasteiger partial charge < -0.3 is 25.8 Å². The molecule has 0 aromatic heterocycles. The average Bonchev–Trinajstić information content (AvgIpc) is 3.11. The number of carbonyl (C=O) groups is 3. The number of nitrogens with one attached hydrogen (secondary N) is 1. The highest BCUT2D eigenvalue weighted by Crippen LogP contribution is 2.37. The van der Waals surface area contributed by atoms with Crippen LogP contribution in [0.1, 0.15) is 28.4 Å². The number of para-hydroxylation sites is 2. The summed E-state index contributed by atoms with van der Waals surface area (Å²) in [6, 6.07) is 24.9. The number of rotatable bonds is 6. The molecule has 210 valence electrons. The van der Waals surface area contributed by atoms with E-state index in [-0.39, 0.29) is 30.8 Å². The summed E-state index contributed by atoms with van der Waals surface area (Å²) in [5.41, 5.74) is 10.1. The number of nitrogen functional groups attached to an aromatic ring is 1. The maximum absolute atomic E-state index is 14.5. The summed E-state index contributed by atoms with van der Waals surface area (Å²) in [7, 11) is 3.33. The first-order valence-electron chi connectivity index (χ1n) is 13.7. The zero-order valence-electron chi connectivity index (χ0n) is 23.8. The number of carbonyl (C=O) groups excluding carboxylic acids is 3. The molecule has 2 atom stereocenters. The van der Waals surface area contributed by atoms with E-state index in [4.69, 9.17) is 5.73 Å². The Labute approximate surface area is 240 Å². The van der Waals surface area contributed by atoms with Crippen LogP contribution in [-0.4, -0.2) is 55.3 Å². The molecule has 1 aliphatic heterocycles. The van der Waals surface area contributed by atoms with Gasteiger partial charge in [0.2, 0.25) is 5.91 Å². The van der Waals surface area contributed by atoms with E-state index < -0.39 is 12.1 Å². The van der Waals surface area contributed by atoms with Gasteiger partial charge in [0, 0.05) is 18.3 Å². The standard InChI is InChI=1S/C33H35N5O3/c1-21-13-14-23-9-5-6-10-26(23)27(21)19-37-28-11-7-8-12-29(28)38(32(40)24-15-17-25(34)18-16-24)20-30(33(37)41)36(4)31(39)22(2)35-3/h5-18,22,30,35H,19-20,34H2,1-4H3/t22-,30-/m0/s1. The number of benzene rings is 4. The fourth-order valence-electron chi connectivity index (χ4n) is 5.39. The van der Waals surface area contributed by atoms with Crippen LogP contribution < -0.4 is 20.9 Å². The maximum Gasteiger partial charge on any atom is 0.258 e. The second kappa shape index (κ2) is 11.4. The van der Waals surface area contributed by atoms with Crippen molar-refractivity contribution in [3.05, 3.63) is 102 Å². The van der Waals surface area contributed by atoms with Gasteiger partial charge >= 0.3 is 0 Å². The van der Waals surface area contributed by atoms with Gasteiger partial charge in [0.05, 0.1) is 30.5 Å². The van der Waals surface area contributed by atoms with E-state index in [1.54, 1.807) is 55.1 Å². The predicted molar refractivity (Wildman–Crippen MR) is 164 cm³/mol. The van der Waals surface area contributed by atoms with Crippen molar-refractivity contribution in [2.24, 2.45) is 0 Å². The number of fused-ring (bicyclic) bond motifs is 2. The molecule has 0 bridgehead atoms. The molecule has 4 aromatic rings. The zero-order chi connectivity index (χ0) is 29.3. The number of hydrogen-bond acceptors (Lipinski definition) is 5. The Morgan fingerprint density at radius 1 is 0.976 bits per heavy atom. The molecule has 0 aliphatic carbocycles. The molecule has 3 N–H and O–H groups in total. The van der Waals surface area contributed by atoms with Crippen LogP contribution >= 0.6 is 0 Å². The van der Waals surface area contributed by atoms with Gasteiger partial charge in [-0.3, -0.25) is 14.4 Å². The lowest BCUT2D eigenvalue weighted by molar-refractivity contribution is -0.138. The summed E-state index contributed by atoms with van der Waals surface area (Å²) < 4.78 is 0. The highest BCUT2D eigenvalue weighted by Gasteiger charge is 2.40. The first kappa shape index (κ1) is 27.9. The van der Waals surface area contributed by atoms with Crippen LogP contribution in [0, 0.1) is 6.92 Å². The van der Waals surface area contributed by atoms with Gasteiger partial charge in [0.1, 0.15) is 6.04 Å². The number of likely N-dealkylation sites (N-methyl/N-ethyl adjacent to an activating group) is 2. The Hall–Kier alpha value is -4.69. The Bertz CT molecular complexity index is 1620. The third-order valence-electron chi connectivity index (χ3n) is 7.98. The fourth-order valence-corrected chi connectivity index (χ4v) is 5.39. The number of anilines is 3. The summed E-state index contributed by atoms with van der Waals surface area (Å²) in [6.07, 6.45) is 0. The quantitative estimate of drug-likeness (QED) is 0.348. The number of nitrogens with two attached hydrogens (primary N) is 1. The van der Waals surface area contributed by atoms with Crippen LogP contribution in [0.15, 0.2) is 84.9 Å². The Kier molecular flexibility index (Phi) is 7.77. The van der Waals surface area contributed by atoms with Crippen molar-refractivity contribution >= 4 is 45.6 Å². The van der Waals surface area contributed by atoms with Crippen molar-refractivity contribution in [3.63, 3.8) is 0 Å². The number of amides is 3. The molecule has 3 amide bonds. The zero-order valence-corrected chi connectivity index (χ0v) is 23.8. The lowest BCUT2D eigenvalue weighted by Crippen LogP contribution is -2.56. The summed E-state index contributed by atoms with van der Waals surface area (Å²) in [5, 5.41) is 5.10. The van der Waals surface area contributed by atoms with Crippen molar-refractivity contribution in [2.45, 2.75) is 32.5 Å². The Morgan fingerprint density at radius 2 is 1.63 bits per heavy atom. The molecule has 8 heteroatoms. The monoisotopic (exact) mass is 549 g/mol. The van der Waals surface area contributed by atoms with E-state index in [9.17, 15) is 14.4 Å². The molecular formula is C33H35N5O3. The van der Waals surface area contributed by atoms with E-state index in [0.717, 1.165) is 21.9 Å². The van der Waals surface area contributed by atoms with E-state index in [2.05, 4.69) is 29.6 Å². The first-order chi connectivity index (χ1) is 19.7. The maximum atomic E-state index is 14.5. The lowest BCUT2D eigenvalue weighted by Gasteiger charge is -2.33. The van der Waals surface area contributed by atoms with Gasteiger partial charge in [-0.1, -0.05) is 48.5 Å². The summed E-state index contributed by atoms with van der Waals surface area (Å²) in [5.74, 6) is -0.768. The summed E-state index contributed by atoms with van der Waals surface area (Å²) >= 11 is 0. The molecule has 5 rings (SSSR count). The highest BCUT2D eigenvalue weighted by molar-refractivity contribution is 6.13. The van der Waals surface area contributed by atoms with Crippen molar-refractivity contribution < 1.29 is 14.4 Å². The molecule has 0 spiro atoms. The van der Waals surface area contributed by atoms with Crippen LogP contribution in [0.2, 0.25) is 0 Å². The molecule has 0 saturated heterocycles. The van der Waals surface area contributed by atoms with Gasteiger partial charge in [0.15, 0.2) is 0 Å². The third kappa shape index (κ3) is 5.26. The minimum atomic E-state index is -0.918. The van der Waals surface area contributed by atoms with Crippen LogP contribution in [-0.2, 0) is 16.1 Å². The van der Waals surface area contributed by atoms with Crippen molar-refractivity contribution in [1.82, 2.24) is 10.2 Å². The van der Waals surface area contributed by atoms with Gasteiger partial charge in [-0.25, -0.2) is 0 Å². The van der Waals surface area contributed by atoms with Crippen LogP contribution in [0.3, 0.4) is 0 Å². The minimum Gasteiger partial charge on any atom is -0.399 e. The van der Waals surface area contributed by atoms with Crippen molar-refractivity contribution in [3.8, 4) is 0 Å². The molecule has 8 nitrogen and oxygen atoms in total. The molecule has 0 fully saturated rings. The van der Waals surface area contributed by atoms with Gasteiger partial charge in [0.25, 0.3) is 11.8 Å². The van der Waals surface area contributed by atoms with Gasteiger partial charge in [-0.05, 0) is 79.2 Å². The lowest BCUT2D eigenvalue weighted by atomic mass is 9.98. The highest BCUT2D eigenvalue weighted by atomic mass is 16.2. The smallest absolute Gasteiger partial charge is 0.258 e. The van der Waals surface area contributed by atoms with Crippen LogP contribution in [0.5, 0.6) is 0 Å². The molecule has 1 aliphatic rings. The van der Waals surface area contributed by atoms with Crippen LogP contribution in [0.25, 0.3) is 10.8 Å². The molecule has 0 saturated carbocycles. The number of aryl methyl sites for hydroxylation is 1. The predicted octanol–water partition coefficient (Wildman–Crippen LogP) is 4.36. The fraction of sp³-hybridized carbons (Fsp3) is 0.242. The van der Waals surface area contributed by atoms with Crippen LogP contribution in [0.4, 0.5) is 17.1 Å². The first-order valence-corrected chi connectivity index (χ1v) is 13.7. The van der Waals surface area contributed by atoms with Crippen molar-refractivity contribution in [2.75, 3.05) is 36.2 Å². The van der Waals surface area contributed by atoms with E-state index in [0.29, 0.717) is 22.6 Å². The summed E-state index contributed by atoms with van der Waals surface area (Å²) in [4.78, 5) is 46.7. The number of hydrogen-bond donors (Lipinski definition) is 2. The topological polar surface area (TPSA) is 99.0 Å². The molecule has 1 heterocycles. The molecule has 4 aromatic carbocycles. The molecule has 0 radical (unpaired) electrons. The molecule has 0 unspecified atom stereocenters. The molecule has 41 heavy (non-hydrogen) atoms. The summed E-state index contributed by atoms with van der Waals surface area (Å²) in [6.45, 7) is 4.08. The largest absolute Gasteiger partial charge is 0.399 e. The Balaban J connectivity index is 1.66. The number of nitrogens with zero attached hydrogens (tertiary/aromatic N) is 3. The average molecular weight is 550 g/mol.